The van der Waals surface area contributed by atoms with Crippen molar-refractivity contribution in [2.24, 2.45) is 5.73 Å². The van der Waals surface area contributed by atoms with Gasteiger partial charge >= 0.3 is 0 Å². The van der Waals surface area contributed by atoms with Gasteiger partial charge in [-0.3, -0.25) is 0 Å². The molecule has 2 heteroatoms. The maximum Gasteiger partial charge on any atom is 0.0431 e. The zero-order valence-electron chi connectivity index (χ0n) is 9.95. The molecule has 0 aliphatic carbocycles. The summed E-state index contributed by atoms with van der Waals surface area (Å²) in [5.74, 6) is 0. The van der Waals surface area contributed by atoms with Gasteiger partial charge in [-0.15, -0.1) is 0 Å². The molecule has 0 saturated carbocycles. The number of nitrogens with two attached hydrogens (primary N) is 1. The van der Waals surface area contributed by atoms with E-state index in [0.29, 0.717) is 6.04 Å². The number of hydrogen-bond acceptors (Lipinski definition) is 2. The largest absolute Gasteiger partial charge is 0.367 e. The first-order chi connectivity index (χ1) is 7.75. The third-order valence-electron chi connectivity index (χ3n) is 4.10. The molecule has 2 aliphatic rings. The van der Waals surface area contributed by atoms with Crippen LogP contribution >= 0.6 is 0 Å². The summed E-state index contributed by atoms with van der Waals surface area (Å²) in [6.45, 7) is 3.27. The average Bonchev–Trinajstić information content (AvgIpc) is 2.28. The van der Waals surface area contributed by atoms with E-state index in [4.69, 9.17) is 5.73 Å². The van der Waals surface area contributed by atoms with Crippen LogP contribution in [0.5, 0.6) is 0 Å². The Bertz CT molecular complexity index is 400. The minimum Gasteiger partial charge on any atom is -0.367 e. The van der Waals surface area contributed by atoms with E-state index in [9.17, 15) is 0 Å². The summed E-state index contributed by atoms with van der Waals surface area (Å²) in [7, 11) is 0. The second kappa shape index (κ2) is 3.77. The summed E-state index contributed by atoms with van der Waals surface area (Å²) in [4.78, 5) is 2.57. The van der Waals surface area contributed by atoms with Gasteiger partial charge < -0.3 is 10.6 Å². The SMILES string of the molecule is Cc1cccc2c1N1CC(N)CCC1CC2. The van der Waals surface area contributed by atoms with Crippen molar-refractivity contribution < 1.29 is 0 Å². The molecule has 1 aromatic carbocycles. The lowest BCUT2D eigenvalue weighted by molar-refractivity contribution is 0.390. The molecule has 3 rings (SSSR count). The van der Waals surface area contributed by atoms with Crippen molar-refractivity contribution in [3.8, 4) is 0 Å². The van der Waals surface area contributed by atoms with Crippen LogP contribution in [-0.2, 0) is 6.42 Å². The highest BCUT2D eigenvalue weighted by molar-refractivity contribution is 5.62. The van der Waals surface area contributed by atoms with Gasteiger partial charge in [0.1, 0.15) is 0 Å². The molecule has 2 unspecified atom stereocenters. The van der Waals surface area contributed by atoms with Crippen LogP contribution in [0.25, 0.3) is 0 Å². The Labute approximate surface area is 97.4 Å². The van der Waals surface area contributed by atoms with Crippen molar-refractivity contribution >= 4 is 5.69 Å². The van der Waals surface area contributed by atoms with E-state index >= 15 is 0 Å². The van der Waals surface area contributed by atoms with E-state index in [1.807, 2.05) is 0 Å². The molecule has 2 nitrogen and oxygen atoms in total. The lowest BCUT2D eigenvalue weighted by atomic mass is 9.87. The van der Waals surface area contributed by atoms with Crippen LogP contribution in [0, 0.1) is 6.92 Å². The van der Waals surface area contributed by atoms with Gasteiger partial charge in [-0.1, -0.05) is 18.2 Å². The van der Waals surface area contributed by atoms with Crippen LogP contribution in [-0.4, -0.2) is 18.6 Å². The molecule has 16 heavy (non-hydrogen) atoms. The van der Waals surface area contributed by atoms with Crippen LogP contribution in [0.4, 0.5) is 5.69 Å². The minimum absolute atomic E-state index is 0.363. The fourth-order valence-electron chi connectivity index (χ4n) is 3.28. The fourth-order valence-corrected chi connectivity index (χ4v) is 3.28. The van der Waals surface area contributed by atoms with Gasteiger partial charge in [0.25, 0.3) is 0 Å². The molecule has 0 radical (unpaired) electrons. The first kappa shape index (κ1) is 10.2. The molecule has 2 N–H and O–H groups in total. The van der Waals surface area contributed by atoms with Crippen LogP contribution < -0.4 is 10.6 Å². The quantitative estimate of drug-likeness (QED) is 0.720. The zero-order valence-corrected chi connectivity index (χ0v) is 9.95. The van der Waals surface area contributed by atoms with E-state index in [1.165, 1.54) is 42.5 Å². The second-order valence-corrected chi connectivity index (χ2v) is 5.26. The van der Waals surface area contributed by atoms with Crippen molar-refractivity contribution in [3.63, 3.8) is 0 Å². The Morgan fingerprint density at radius 1 is 1.25 bits per heavy atom. The van der Waals surface area contributed by atoms with Crippen LogP contribution in [0.1, 0.15) is 30.4 Å². The number of hydrogen-bond donors (Lipinski definition) is 1. The first-order valence-corrected chi connectivity index (χ1v) is 6.36. The monoisotopic (exact) mass is 216 g/mol. The van der Waals surface area contributed by atoms with Crippen LogP contribution in [0.2, 0.25) is 0 Å². The van der Waals surface area contributed by atoms with Crippen molar-refractivity contribution in [1.82, 2.24) is 0 Å². The van der Waals surface area contributed by atoms with Gasteiger partial charge in [-0.05, 0) is 43.7 Å². The summed E-state index contributed by atoms with van der Waals surface area (Å²) >= 11 is 0. The number of nitrogens with zero attached hydrogens (tertiary/aromatic N) is 1. The minimum atomic E-state index is 0.363. The highest BCUT2D eigenvalue weighted by Gasteiger charge is 2.31. The van der Waals surface area contributed by atoms with Gasteiger partial charge in [0, 0.05) is 24.3 Å². The number of rotatable bonds is 0. The maximum absolute atomic E-state index is 6.11. The first-order valence-electron chi connectivity index (χ1n) is 6.36. The third kappa shape index (κ3) is 1.52. The van der Waals surface area contributed by atoms with E-state index in [1.54, 1.807) is 0 Å². The van der Waals surface area contributed by atoms with Crippen molar-refractivity contribution in [3.05, 3.63) is 29.3 Å². The van der Waals surface area contributed by atoms with Crippen LogP contribution in [0.3, 0.4) is 0 Å². The highest BCUT2D eigenvalue weighted by Crippen LogP contribution is 2.37. The fraction of sp³-hybridized carbons (Fsp3) is 0.571. The normalized spacial score (nSPS) is 28.5. The second-order valence-electron chi connectivity index (χ2n) is 5.26. The van der Waals surface area contributed by atoms with E-state index in [-0.39, 0.29) is 0 Å². The third-order valence-corrected chi connectivity index (χ3v) is 4.10. The molecule has 2 heterocycles. The molecule has 1 aromatic rings. The molecule has 2 aliphatic heterocycles. The van der Waals surface area contributed by atoms with Crippen molar-refractivity contribution in [2.75, 3.05) is 11.4 Å². The number of anilines is 1. The Morgan fingerprint density at radius 3 is 3.00 bits per heavy atom. The van der Waals surface area contributed by atoms with E-state index in [2.05, 4.69) is 30.0 Å². The molecule has 0 spiro atoms. The van der Waals surface area contributed by atoms with Crippen LogP contribution in [0.15, 0.2) is 18.2 Å². The Morgan fingerprint density at radius 2 is 2.12 bits per heavy atom. The average molecular weight is 216 g/mol. The highest BCUT2D eigenvalue weighted by atomic mass is 15.2. The number of fused-ring (bicyclic) bond motifs is 3. The summed E-state index contributed by atoms with van der Waals surface area (Å²) < 4.78 is 0. The number of para-hydroxylation sites is 1. The summed E-state index contributed by atoms with van der Waals surface area (Å²) in [5, 5.41) is 0. The predicted molar refractivity (Wildman–Crippen MR) is 67.8 cm³/mol. The molecule has 0 amide bonds. The molecule has 1 fully saturated rings. The molecular formula is C14H20N2. The molecule has 86 valence electrons. The summed E-state index contributed by atoms with van der Waals surface area (Å²) in [5.41, 5.74) is 10.5. The number of benzene rings is 1. The Hall–Kier alpha value is -1.02. The van der Waals surface area contributed by atoms with E-state index in [0.717, 1.165) is 12.6 Å². The summed E-state index contributed by atoms with van der Waals surface area (Å²) in [6.07, 6.45) is 5.02. The van der Waals surface area contributed by atoms with Crippen molar-refractivity contribution in [1.29, 1.82) is 0 Å². The molecule has 0 bridgehead atoms. The van der Waals surface area contributed by atoms with Gasteiger partial charge in [-0.25, -0.2) is 0 Å². The number of piperidine rings is 1. The molecule has 1 saturated heterocycles. The zero-order chi connectivity index (χ0) is 11.1. The smallest absolute Gasteiger partial charge is 0.0431 e. The Kier molecular flexibility index (Phi) is 2.40. The summed E-state index contributed by atoms with van der Waals surface area (Å²) in [6, 6.07) is 7.79. The van der Waals surface area contributed by atoms with Gasteiger partial charge in [0.2, 0.25) is 0 Å². The lowest BCUT2D eigenvalue weighted by Gasteiger charge is -2.45. The van der Waals surface area contributed by atoms with Crippen molar-refractivity contribution in [2.45, 2.75) is 44.7 Å². The maximum atomic E-state index is 6.11. The predicted octanol–water partition coefficient (Wildman–Crippen LogP) is 2.24. The standard InChI is InChI=1S/C14H20N2/c1-10-3-2-4-11-5-7-13-8-6-12(15)9-16(13)14(10)11/h2-4,12-13H,5-9,15H2,1H3. The lowest BCUT2D eigenvalue weighted by Crippen LogP contribution is -2.51. The number of aryl methyl sites for hydroxylation is 2. The molecule has 0 aromatic heterocycles. The Balaban J connectivity index is 2.02. The topological polar surface area (TPSA) is 29.3 Å². The van der Waals surface area contributed by atoms with Gasteiger partial charge in [0.05, 0.1) is 0 Å². The van der Waals surface area contributed by atoms with Gasteiger partial charge in [0.15, 0.2) is 0 Å². The van der Waals surface area contributed by atoms with E-state index < -0.39 is 0 Å². The molecule has 2 atom stereocenters. The van der Waals surface area contributed by atoms with Gasteiger partial charge in [-0.2, -0.15) is 0 Å². The molecular weight excluding hydrogens is 196 g/mol.